The molecule has 0 bridgehead atoms. The minimum atomic E-state index is -0.0641. The number of unbranched alkanes of at least 4 members (excludes halogenated alkanes) is 2. The summed E-state index contributed by atoms with van der Waals surface area (Å²) in [6.07, 6.45) is 5.06. The first kappa shape index (κ1) is 15.6. The van der Waals surface area contributed by atoms with E-state index in [1.165, 1.54) is 0 Å². The van der Waals surface area contributed by atoms with Gasteiger partial charge in [0.05, 0.1) is 11.5 Å². The highest BCUT2D eigenvalue weighted by Gasteiger charge is 2.36. The lowest BCUT2D eigenvalue weighted by Gasteiger charge is -2.38. The number of carbonyl (C=O) groups is 2. The van der Waals surface area contributed by atoms with Crippen LogP contribution in [-0.2, 0) is 4.79 Å². The fourth-order valence-electron chi connectivity index (χ4n) is 2.96. The second-order valence-electron chi connectivity index (χ2n) is 6.15. The number of hydrogen-bond acceptors (Lipinski definition) is 2. The van der Waals surface area contributed by atoms with E-state index in [-0.39, 0.29) is 17.7 Å². The molecule has 122 valence electrons. The smallest absolute Gasteiger partial charge is 0.256 e. The summed E-state index contributed by atoms with van der Waals surface area (Å²) in [5, 5.41) is 3.90. The number of amides is 2. The third-order valence-electron chi connectivity index (χ3n) is 4.44. The van der Waals surface area contributed by atoms with Gasteiger partial charge in [-0.25, -0.2) is 0 Å². The molecule has 1 fully saturated rings. The van der Waals surface area contributed by atoms with Crippen LogP contribution in [0.5, 0.6) is 0 Å². The molecule has 1 aromatic heterocycles. The lowest BCUT2D eigenvalue weighted by molar-refractivity contribution is -0.128. The van der Waals surface area contributed by atoms with E-state index in [0.29, 0.717) is 18.7 Å². The number of aromatic nitrogens is 1. The van der Waals surface area contributed by atoms with Gasteiger partial charge in [0.15, 0.2) is 0 Å². The van der Waals surface area contributed by atoms with Gasteiger partial charge in [-0.1, -0.05) is 38.0 Å². The second-order valence-corrected chi connectivity index (χ2v) is 6.15. The van der Waals surface area contributed by atoms with Crippen molar-refractivity contribution in [2.45, 2.75) is 26.2 Å². The molecule has 1 saturated heterocycles. The van der Waals surface area contributed by atoms with Crippen LogP contribution < -0.4 is 5.32 Å². The molecule has 0 unspecified atom stereocenters. The van der Waals surface area contributed by atoms with Crippen molar-refractivity contribution >= 4 is 22.7 Å². The summed E-state index contributed by atoms with van der Waals surface area (Å²) in [5.74, 6) is 0.00680. The van der Waals surface area contributed by atoms with Crippen LogP contribution in [0, 0.1) is 5.92 Å². The summed E-state index contributed by atoms with van der Waals surface area (Å²) in [7, 11) is 0. The van der Waals surface area contributed by atoms with Crippen LogP contribution in [0.4, 0.5) is 0 Å². The first-order chi connectivity index (χ1) is 11.2. The van der Waals surface area contributed by atoms with E-state index in [1.54, 1.807) is 11.1 Å². The molecule has 2 heterocycles. The van der Waals surface area contributed by atoms with E-state index in [9.17, 15) is 9.59 Å². The number of benzene rings is 1. The number of nitrogens with zero attached hydrogens (tertiary/aromatic N) is 1. The monoisotopic (exact) mass is 313 g/mol. The van der Waals surface area contributed by atoms with Crippen molar-refractivity contribution < 1.29 is 9.59 Å². The van der Waals surface area contributed by atoms with Crippen LogP contribution >= 0.6 is 0 Å². The van der Waals surface area contributed by atoms with Crippen LogP contribution in [-0.4, -0.2) is 41.3 Å². The largest absolute Gasteiger partial charge is 0.360 e. The van der Waals surface area contributed by atoms with E-state index in [4.69, 9.17) is 0 Å². The summed E-state index contributed by atoms with van der Waals surface area (Å²) >= 11 is 0. The van der Waals surface area contributed by atoms with Gasteiger partial charge < -0.3 is 15.2 Å². The third-order valence-corrected chi connectivity index (χ3v) is 4.44. The lowest BCUT2D eigenvalue weighted by Crippen LogP contribution is -2.55. The average molecular weight is 313 g/mol. The molecule has 23 heavy (non-hydrogen) atoms. The maximum atomic E-state index is 12.5. The minimum absolute atomic E-state index is 0.00233. The van der Waals surface area contributed by atoms with Gasteiger partial charge in [-0.05, 0) is 12.5 Å². The van der Waals surface area contributed by atoms with Crippen molar-refractivity contribution in [3.63, 3.8) is 0 Å². The lowest BCUT2D eigenvalue weighted by atomic mass is 9.97. The normalized spacial score (nSPS) is 14.7. The number of carbonyl (C=O) groups excluding carboxylic acids is 2. The van der Waals surface area contributed by atoms with Crippen molar-refractivity contribution in [2.75, 3.05) is 19.6 Å². The van der Waals surface area contributed by atoms with Crippen molar-refractivity contribution in [2.24, 2.45) is 5.92 Å². The zero-order valence-electron chi connectivity index (χ0n) is 13.5. The van der Waals surface area contributed by atoms with Gasteiger partial charge in [-0.3, -0.25) is 9.59 Å². The quantitative estimate of drug-likeness (QED) is 0.805. The molecule has 0 spiro atoms. The molecule has 3 rings (SSSR count). The molecule has 0 atom stereocenters. The Kier molecular flexibility index (Phi) is 4.65. The van der Waals surface area contributed by atoms with Gasteiger partial charge in [0.1, 0.15) is 0 Å². The Hall–Kier alpha value is -2.30. The molecule has 0 radical (unpaired) electrons. The van der Waals surface area contributed by atoms with Crippen molar-refractivity contribution in [3.8, 4) is 0 Å². The van der Waals surface area contributed by atoms with Gasteiger partial charge >= 0.3 is 0 Å². The highest BCUT2D eigenvalue weighted by atomic mass is 16.2. The Morgan fingerprint density at radius 2 is 2.04 bits per heavy atom. The van der Waals surface area contributed by atoms with Crippen LogP contribution in [0.15, 0.2) is 30.5 Å². The van der Waals surface area contributed by atoms with Crippen molar-refractivity contribution in [3.05, 3.63) is 36.0 Å². The van der Waals surface area contributed by atoms with E-state index >= 15 is 0 Å². The van der Waals surface area contributed by atoms with E-state index in [0.717, 1.165) is 36.7 Å². The zero-order chi connectivity index (χ0) is 16.2. The van der Waals surface area contributed by atoms with Crippen LogP contribution in [0.1, 0.15) is 36.5 Å². The number of rotatable bonds is 6. The van der Waals surface area contributed by atoms with E-state index in [2.05, 4.69) is 17.2 Å². The Balaban J connectivity index is 1.53. The maximum Gasteiger partial charge on any atom is 0.256 e. The third kappa shape index (κ3) is 3.23. The summed E-state index contributed by atoms with van der Waals surface area (Å²) < 4.78 is 0. The average Bonchev–Trinajstić information content (AvgIpc) is 2.94. The van der Waals surface area contributed by atoms with Gasteiger partial charge in [0.25, 0.3) is 5.91 Å². The number of nitrogens with one attached hydrogen (secondary N) is 2. The molecule has 1 aromatic carbocycles. The summed E-state index contributed by atoms with van der Waals surface area (Å²) in [6, 6.07) is 7.76. The number of likely N-dealkylation sites (tertiary alicyclic amines) is 1. The van der Waals surface area contributed by atoms with Gasteiger partial charge in [-0.2, -0.15) is 0 Å². The molecule has 1 aliphatic heterocycles. The SMILES string of the molecule is CCCCCNC(=O)C1CN(C(=O)c2c[nH]c3ccccc23)C1. The Morgan fingerprint density at radius 1 is 1.26 bits per heavy atom. The van der Waals surface area contributed by atoms with Crippen LogP contribution in [0.25, 0.3) is 10.9 Å². The Labute approximate surface area is 136 Å². The van der Waals surface area contributed by atoms with Crippen LogP contribution in [0.2, 0.25) is 0 Å². The highest BCUT2D eigenvalue weighted by molar-refractivity contribution is 6.07. The molecule has 2 aromatic rings. The molecule has 0 saturated carbocycles. The number of aromatic amines is 1. The molecular weight excluding hydrogens is 290 g/mol. The molecular formula is C18H23N3O2. The number of H-pyrrole nitrogens is 1. The van der Waals surface area contributed by atoms with Crippen LogP contribution in [0.3, 0.4) is 0 Å². The first-order valence-corrected chi connectivity index (χ1v) is 8.33. The summed E-state index contributed by atoms with van der Waals surface area (Å²) in [5.41, 5.74) is 1.64. The fourth-order valence-corrected chi connectivity index (χ4v) is 2.96. The summed E-state index contributed by atoms with van der Waals surface area (Å²) in [6.45, 7) is 3.90. The van der Waals surface area contributed by atoms with Gasteiger partial charge in [0.2, 0.25) is 5.91 Å². The Morgan fingerprint density at radius 3 is 2.83 bits per heavy atom. The zero-order valence-corrected chi connectivity index (χ0v) is 13.5. The second kappa shape index (κ2) is 6.86. The summed E-state index contributed by atoms with van der Waals surface area (Å²) in [4.78, 5) is 29.4. The minimum Gasteiger partial charge on any atom is -0.360 e. The predicted molar refractivity (Wildman–Crippen MR) is 90.2 cm³/mol. The number of fused-ring (bicyclic) bond motifs is 1. The standard InChI is InChI=1S/C18H23N3O2/c1-2-3-6-9-19-17(22)13-11-21(12-13)18(23)15-10-20-16-8-5-4-7-14(15)16/h4-5,7-8,10,13,20H,2-3,6,9,11-12H2,1H3,(H,19,22). The molecule has 2 amide bonds. The Bertz CT molecular complexity index is 701. The molecule has 5 heteroatoms. The van der Waals surface area contributed by atoms with Gasteiger partial charge in [-0.15, -0.1) is 0 Å². The first-order valence-electron chi connectivity index (χ1n) is 8.33. The van der Waals surface area contributed by atoms with Crippen molar-refractivity contribution in [1.29, 1.82) is 0 Å². The molecule has 5 nitrogen and oxygen atoms in total. The molecule has 2 N–H and O–H groups in total. The maximum absolute atomic E-state index is 12.5. The highest BCUT2D eigenvalue weighted by Crippen LogP contribution is 2.24. The van der Waals surface area contributed by atoms with Gasteiger partial charge in [0, 0.05) is 36.7 Å². The number of para-hydroxylation sites is 1. The fraction of sp³-hybridized carbons (Fsp3) is 0.444. The topological polar surface area (TPSA) is 65.2 Å². The van der Waals surface area contributed by atoms with Crippen molar-refractivity contribution in [1.82, 2.24) is 15.2 Å². The number of hydrogen-bond donors (Lipinski definition) is 2. The van der Waals surface area contributed by atoms with E-state index in [1.807, 2.05) is 24.3 Å². The predicted octanol–water partition coefficient (Wildman–Crippen LogP) is 2.55. The van der Waals surface area contributed by atoms with E-state index < -0.39 is 0 Å². The molecule has 1 aliphatic rings. The molecule has 0 aliphatic carbocycles.